The first kappa shape index (κ1) is 12.2. The highest BCUT2D eigenvalue weighted by molar-refractivity contribution is 5.67. The number of aryl methyl sites for hydroxylation is 2. The summed E-state index contributed by atoms with van der Waals surface area (Å²) in [5.74, 6) is 0.852. The number of rotatable bonds is 2. The molecule has 0 N–H and O–H groups in total. The lowest BCUT2D eigenvalue weighted by Gasteiger charge is -2.09. The molecule has 3 heteroatoms. The summed E-state index contributed by atoms with van der Waals surface area (Å²) < 4.78 is 5.40. The van der Waals surface area contributed by atoms with Gasteiger partial charge in [-0.05, 0) is 49.4 Å². The maximum absolute atomic E-state index is 5.40. The van der Waals surface area contributed by atoms with Gasteiger partial charge in [-0.2, -0.15) is 10.2 Å². The van der Waals surface area contributed by atoms with Gasteiger partial charge in [0.1, 0.15) is 5.75 Å². The van der Waals surface area contributed by atoms with Gasteiger partial charge in [-0.3, -0.25) is 0 Å². The standard InChI is InChI=1S/C16H18N2O/c1-19-16-10-6-5-8-13(16)15-11-12-7-3-2-4-9-14(12)17-18-15/h5-6,8,10-11H,2-4,7,9H2,1H3. The lowest BCUT2D eigenvalue weighted by molar-refractivity contribution is 0.416. The molecule has 1 aromatic carbocycles. The van der Waals surface area contributed by atoms with Crippen LogP contribution in [-0.2, 0) is 12.8 Å². The maximum Gasteiger partial charge on any atom is 0.128 e. The number of aromatic nitrogens is 2. The molecular weight excluding hydrogens is 236 g/mol. The van der Waals surface area contributed by atoms with Gasteiger partial charge in [-0.1, -0.05) is 18.6 Å². The van der Waals surface area contributed by atoms with E-state index in [1.807, 2.05) is 24.3 Å². The van der Waals surface area contributed by atoms with E-state index in [9.17, 15) is 0 Å². The highest BCUT2D eigenvalue weighted by Gasteiger charge is 2.13. The first-order valence-electron chi connectivity index (χ1n) is 6.87. The third kappa shape index (κ3) is 2.46. The van der Waals surface area contributed by atoms with Crippen molar-refractivity contribution >= 4 is 0 Å². The number of methoxy groups -OCH3 is 1. The molecule has 1 aromatic heterocycles. The van der Waals surface area contributed by atoms with Gasteiger partial charge in [-0.25, -0.2) is 0 Å². The zero-order valence-corrected chi connectivity index (χ0v) is 11.2. The topological polar surface area (TPSA) is 35.0 Å². The predicted molar refractivity (Wildman–Crippen MR) is 75.3 cm³/mol. The Kier molecular flexibility index (Phi) is 3.45. The van der Waals surface area contributed by atoms with Crippen molar-refractivity contribution in [3.05, 3.63) is 41.6 Å². The Hall–Kier alpha value is -1.90. The summed E-state index contributed by atoms with van der Waals surface area (Å²) in [5.41, 5.74) is 4.47. The van der Waals surface area contributed by atoms with Crippen LogP contribution in [0.15, 0.2) is 30.3 Å². The van der Waals surface area contributed by atoms with Crippen molar-refractivity contribution in [1.29, 1.82) is 0 Å². The van der Waals surface area contributed by atoms with E-state index in [1.165, 1.54) is 30.5 Å². The van der Waals surface area contributed by atoms with Crippen LogP contribution in [0.25, 0.3) is 11.3 Å². The summed E-state index contributed by atoms with van der Waals surface area (Å²) >= 11 is 0. The first-order chi connectivity index (χ1) is 9.38. The van der Waals surface area contributed by atoms with Gasteiger partial charge in [0.25, 0.3) is 0 Å². The Morgan fingerprint density at radius 1 is 1.00 bits per heavy atom. The molecule has 19 heavy (non-hydrogen) atoms. The quantitative estimate of drug-likeness (QED) is 0.770. The molecule has 0 saturated carbocycles. The minimum atomic E-state index is 0.852. The van der Waals surface area contributed by atoms with Crippen LogP contribution in [-0.4, -0.2) is 17.3 Å². The van der Waals surface area contributed by atoms with E-state index >= 15 is 0 Å². The first-order valence-corrected chi connectivity index (χ1v) is 6.87. The van der Waals surface area contributed by atoms with Crippen molar-refractivity contribution in [3.63, 3.8) is 0 Å². The van der Waals surface area contributed by atoms with Gasteiger partial charge in [0, 0.05) is 5.56 Å². The Balaban J connectivity index is 2.04. The van der Waals surface area contributed by atoms with E-state index in [1.54, 1.807) is 7.11 Å². The molecule has 0 radical (unpaired) electrons. The number of para-hydroxylation sites is 1. The predicted octanol–water partition coefficient (Wildman–Crippen LogP) is 3.42. The third-order valence-corrected chi connectivity index (χ3v) is 3.70. The van der Waals surface area contributed by atoms with Crippen LogP contribution in [0.4, 0.5) is 0 Å². The molecule has 1 heterocycles. The second kappa shape index (κ2) is 5.39. The summed E-state index contributed by atoms with van der Waals surface area (Å²) in [6.45, 7) is 0. The van der Waals surface area contributed by atoms with Crippen LogP contribution in [0.1, 0.15) is 30.5 Å². The zero-order valence-electron chi connectivity index (χ0n) is 11.2. The molecule has 1 aliphatic carbocycles. The Morgan fingerprint density at radius 2 is 1.84 bits per heavy atom. The SMILES string of the molecule is COc1ccccc1-c1cc2c(nn1)CCCCC2. The Labute approximate surface area is 113 Å². The van der Waals surface area contributed by atoms with Gasteiger partial charge < -0.3 is 4.74 Å². The lowest BCUT2D eigenvalue weighted by Crippen LogP contribution is -2.00. The van der Waals surface area contributed by atoms with Crippen LogP contribution >= 0.6 is 0 Å². The molecule has 3 nitrogen and oxygen atoms in total. The van der Waals surface area contributed by atoms with Crippen LogP contribution in [0.2, 0.25) is 0 Å². The molecule has 0 amide bonds. The summed E-state index contributed by atoms with van der Waals surface area (Å²) in [6, 6.07) is 10.2. The maximum atomic E-state index is 5.40. The molecular formula is C16H18N2O. The lowest BCUT2D eigenvalue weighted by atomic mass is 10.0. The molecule has 0 spiro atoms. The highest BCUT2D eigenvalue weighted by atomic mass is 16.5. The second-order valence-corrected chi connectivity index (χ2v) is 4.96. The van der Waals surface area contributed by atoms with E-state index < -0.39 is 0 Å². The Morgan fingerprint density at radius 3 is 2.74 bits per heavy atom. The zero-order chi connectivity index (χ0) is 13.1. The second-order valence-electron chi connectivity index (χ2n) is 4.96. The van der Waals surface area contributed by atoms with Crippen LogP contribution < -0.4 is 4.74 Å². The monoisotopic (exact) mass is 254 g/mol. The Bertz CT molecular complexity index is 581. The van der Waals surface area contributed by atoms with Crippen LogP contribution in [0.3, 0.4) is 0 Å². The molecule has 0 saturated heterocycles. The molecule has 0 bridgehead atoms. The van der Waals surface area contributed by atoms with Gasteiger partial charge in [-0.15, -0.1) is 0 Å². The summed E-state index contributed by atoms with van der Waals surface area (Å²) in [4.78, 5) is 0. The highest BCUT2D eigenvalue weighted by Crippen LogP contribution is 2.29. The fourth-order valence-corrected chi connectivity index (χ4v) is 2.66. The van der Waals surface area contributed by atoms with E-state index in [4.69, 9.17) is 4.74 Å². The number of hydrogen-bond donors (Lipinski definition) is 0. The van der Waals surface area contributed by atoms with E-state index in [0.29, 0.717) is 0 Å². The molecule has 1 aliphatic rings. The normalized spacial score (nSPS) is 14.6. The van der Waals surface area contributed by atoms with Gasteiger partial charge in [0.05, 0.1) is 18.5 Å². The fourth-order valence-electron chi connectivity index (χ4n) is 2.66. The van der Waals surface area contributed by atoms with Crippen molar-refractivity contribution in [1.82, 2.24) is 10.2 Å². The summed E-state index contributed by atoms with van der Waals surface area (Å²) in [7, 11) is 1.69. The van der Waals surface area contributed by atoms with E-state index in [0.717, 1.165) is 29.8 Å². The van der Waals surface area contributed by atoms with E-state index in [2.05, 4.69) is 16.3 Å². The third-order valence-electron chi connectivity index (χ3n) is 3.70. The molecule has 2 aromatic rings. The minimum absolute atomic E-state index is 0.852. The van der Waals surface area contributed by atoms with Gasteiger partial charge >= 0.3 is 0 Å². The van der Waals surface area contributed by atoms with Crippen molar-refractivity contribution in [2.45, 2.75) is 32.1 Å². The van der Waals surface area contributed by atoms with Crippen molar-refractivity contribution in [2.75, 3.05) is 7.11 Å². The van der Waals surface area contributed by atoms with E-state index in [-0.39, 0.29) is 0 Å². The van der Waals surface area contributed by atoms with Gasteiger partial charge in [0.2, 0.25) is 0 Å². The van der Waals surface area contributed by atoms with Gasteiger partial charge in [0.15, 0.2) is 0 Å². The number of hydrogen-bond acceptors (Lipinski definition) is 3. The van der Waals surface area contributed by atoms with Crippen molar-refractivity contribution in [3.8, 4) is 17.0 Å². The number of benzene rings is 1. The minimum Gasteiger partial charge on any atom is -0.496 e. The number of ether oxygens (including phenoxy) is 1. The number of nitrogens with zero attached hydrogens (tertiary/aromatic N) is 2. The molecule has 0 aliphatic heterocycles. The average Bonchev–Trinajstić information content (AvgIpc) is 2.71. The summed E-state index contributed by atoms with van der Waals surface area (Å²) in [6.07, 6.45) is 5.96. The molecule has 0 fully saturated rings. The largest absolute Gasteiger partial charge is 0.496 e. The smallest absolute Gasteiger partial charge is 0.128 e. The molecule has 0 unspecified atom stereocenters. The average molecular weight is 254 g/mol. The molecule has 98 valence electrons. The molecule has 0 atom stereocenters. The number of fused-ring (bicyclic) bond motifs is 1. The van der Waals surface area contributed by atoms with Crippen molar-refractivity contribution in [2.24, 2.45) is 0 Å². The van der Waals surface area contributed by atoms with Crippen LogP contribution in [0, 0.1) is 0 Å². The summed E-state index contributed by atoms with van der Waals surface area (Å²) in [5, 5.41) is 8.81. The fraction of sp³-hybridized carbons (Fsp3) is 0.375. The van der Waals surface area contributed by atoms with Crippen molar-refractivity contribution < 1.29 is 4.74 Å². The van der Waals surface area contributed by atoms with Crippen LogP contribution in [0.5, 0.6) is 5.75 Å². The molecule has 3 rings (SSSR count).